The number of nitrogens with zero attached hydrogens (tertiary/aromatic N) is 3. The van der Waals surface area contributed by atoms with Gasteiger partial charge in [0.1, 0.15) is 17.8 Å². The summed E-state index contributed by atoms with van der Waals surface area (Å²) in [5.41, 5.74) is 7.64. The SMILES string of the molecule is C=C(NCC#Cc1cn(C(C)C)c2ncnc(N)c12)OCC(C)C. The van der Waals surface area contributed by atoms with Crippen molar-refractivity contribution in [3.05, 3.63) is 30.5 Å². The first-order chi connectivity index (χ1) is 11.4. The molecule has 0 bridgehead atoms. The van der Waals surface area contributed by atoms with Gasteiger partial charge in [-0.25, -0.2) is 9.97 Å². The fraction of sp³-hybridized carbons (Fsp3) is 0.444. The Kier molecular flexibility index (Phi) is 5.69. The number of aromatic nitrogens is 3. The van der Waals surface area contributed by atoms with E-state index in [2.05, 4.69) is 66.0 Å². The van der Waals surface area contributed by atoms with Crippen LogP contribution in [-0.2, 0) is 4.74 Å². The maximum atomic E-state index is 6.01. The highest BCUT2D eigenvalue weighted by molar-refractivity contribution is 5.92. The third-order valence-corrected chi connectivity index (χ3v) is 3.38. The van der Waals surface area contributed by atoms with Gasteiger partial charge in [0.2, 0.25) is 0 Å². The van der Waals surface area contributed by atoms with E-state index in [9.17, 15) is 0 Å². The molecule has 0 fully saturated rings. The van der Waals surface area contributed by atoms with Crippen LogP contribution in [0.15, 0.2) is 25.0 Å². The van der Waals surface area contributed by atoms with Crippen LogP contribution in [-0.4, -0.2) is 27.7 Å². The molecule has 0 spiro atoms. The normalized spacial score (nSPS) is 10.8. The number of hydrogen-bond donors (Lipinski definition) is 2. The number of rotatable bonds is 6. The molecule has 6 nitrogen and oxygen atoms in total. The molecule has 2 aromatic rings. The molecule has 2 heterocycles. The Bertz CT molecular complexity index is 780. The van der Waals surface area contributed by atoms with Crippen LogP contribution in [0.5, 0.6) is 0 Å². The third-order valence-electron chi connectivity index (χ3n) is 3.38. The molecule has 6 heteroatoms. The predicted molar refractivity (Wildman–Crippen MR) is 97.1 cm³/mol. The highest BCUT2D eigenvalue weighted by atomic mass is 16.5. The Morgan fingerprint density at radius 2 is 2.12 bits per heavy atom. The average molecular weight is 327 g/mol. The number of ether oxygens (including phenoxy) is 1. The second-order valence-electron chi connectivity index (χ2n) is 6.28. The molecule has 0 aromatic carbocycles. The molecule has 0 amide bonds. The lowest BCUT2D eigenvalue weighted by Crippen LogP contribution is -2.16. The summed E-state index contributed by atoms with van der Waals surface area (Å²) < 4.78 is 7.51. The molecule has 0 atom stereocenters. The van der Waals surface area contributed by atoms with Gasteiger partial charge in [-0.05, 0) is 26.3 Å². The van der Waals surface area contributed by atoms with Crippen molar-refractivity contribution < 1.29 is 4.74 Å². The van der Waals surface area contributed by atoms with Gasteiger partial charge in [0.15, 0.2) is 5.88 Å². The minimum Gasteiger partial charge on any atom is -0.479 e. The van der Waals surface area contributed by atoms with Gasteiger partial charge in [0, 0.05) is 12.2 Å². The lowest BCUT2D eigenvalue weighted by molar-refractivity contribution is 0.165. The molecular weight excluding hydrogens is 302 g/mol. The van der Waals surface area contributed by atoms with Crippen LogP contribution in [0.25, 0.3) is 11.0 Å². The standard InChI is InChI=1S/C18H25N5O/c1-12(2)10-24-14(5)20-8-6-7-15-9-23(13(3)4)18-16(15)17(19)21-11-22-18/h9,11-13,20H,5,8,10H2,1-4H3,(H2,19,21,22). The summed E-state index contributed by atoms with van der Waals surface area (Å²) in [6.45, 7) is 13.2. The molecule has 0 aliphatic carbocycles. The molecule has 0 aliphatic rings. The van der Waals surface area contributed by atoms with E-state index in [0.29, 0.717) is 30.8 Å². The summed E-state index contributed by atoms with van der Waals surface area (Å²) in [6.07, 6.45) is 3.45. The Morgan fingerprint density at radius 1 is 1.38 bits per heavy atom. The van der Waals surface area contributed by atoms with E-state index in [1.165, 1.54) is 6.33 Å². The molecule has 2 aromatic heterocycles. The van der Waals surface area contributed by atoms with Crippen molar-refractivity contribution in [1.29, 1.82) is 0 Å². The lowest BCUT2D eigenvalue weighted by Gasteiger charge is -2.10. The van der Waals surface area contributed by atoms with E-state index in [-0.39, 0.29) is 6.04 Å². The Morgan fingerprint density at radius 3 is 2.79 bits per heavy atom. The van der Waals surface area contributed by atoms with Gasteiger partial charge in [-0.1, -0.05) is 25.7 Å². The minimum atomic E-state index is 0.264. The zero-order chi connectivity index (χ0) is 17.7. The molecule has 0 saturated heterocycles. The Labute approximate surface area is 143 Å². The van der Waals surface area contributed by atoms with Crippen molar-refractivity contribution in [2.45, 2.75) is 33.7 Å². The van der Waals surface area contributed by atoms with Crippen LogP contribution < -0.4 is 11.1 Å². The van der Waals surface area contributed by atoms with E-state index in [4.69, 9.17) is 10.5 Å². The minimum absolute atomic E-state index is 0.264. The van der Waals surface area contributed by atoms with Crippen LogP contribution in [0.3, 0.4) is 0 Å². The molecule has 3 N–H and O–H groups in total. The van der Waals surface area contributed by atoms with E-state index >= 15 is 0 Å². The summed E-state index contributed by atoms with van der Waals surface area (Å²) in [7, 11) is 0. The van der Waals surface area contributed by atoms with Gasteiger partial charge in [0.25, 0.3) is 0 Å². The second kappa shape index (κ2) is 7.73. The molecule has 0 unspecified atom stereocenters. The number of nitrogen functional groups attached to an aromatic ring is 1. The smallest absolute Gasteiger partial charge is 0.179 e. The summed E-state index contributed by atoms with van der Waals surface area (Å²) in [6, 6.07) is 0.264. The van der Waals surface area contributed by atoms with Gasteiger partial charge in [-0.3, -0.25) is 0 Å². The quantitative estimate of drug-likeness (QED) is 0.630. The van der Waals surface area contributed by atoms with E-state index in [0.717, 1.165) is 16.6 Å². The fourth-order valence-corrected chi connectivity index (χ4v) is 2.20. The Balaban J connectivity index is 2.12. The molecule has 2 rings (SSSR count). The molecule has 24 heavy (non-hydrogen) atoms. The number of nitrogens with two attached hydrogens (primary N) is 1. The summed E-state index contributed by atoms with van der Waals surface area (Å²) in [5, 5.41) is 3.84. The maximum absolute atomic E-state index is 6.01. The largest absolute Gasteiger partial charge is 0.479 e. The van der Waals surface area contributed by atoms with Gasteiger partial charge < -0.3 is 20.4 Å². The molecule has 0 aliphatic heterocycles. The zero-order valence-corrected chi connectivity index (χ0v) is 14.8. The Hall–Kier alpha value is -2.68. The number of anilines is 1. The van der Waals surface area contributed by atoms with Crippen LogP contribution in [0.1, 0.15) is 39.3 Å². The monoisotopic (exact) mass is 327 g/mol. The first-order valence-corrected chi connectivity index (χ1v) is 8.05. The van der Waals surface area contributed by atoms with Crippen molar-refractivity contribution in [2.75, 3.05) is 18.9 Å². The van der Waals surface area contributed by atoms with Crippen molar-refractivity contribution in [1.82, 2.24) is 19.9 Å². The molecular formula is C18H25N5O. The number of fused-ring (bicyclic) bond motifs is 1. The molecule has 128 valence electrons. The van der Waals surface area contributed by atoms with Crippen LogP contribution in [0.2, 0.25) is 0 Å². The van der Waals surface area contributed by atoms with Gasteiger partial charge >= 0.3 is 0 Å². The summed E-state index contributed by atoms with van der Waals surface area (Å²) in [4.78, 5) is 8.41. The van der Waals surface area contributed by atoms with Crippen LogP contribution in [0, 0.1) is 17.8 Å². The van der Waals surface area contributed by atoms with Gasteiger partial charge in [-0.2, -0.15) is 0 Å². The van der Waals surface area contributed by atoms with Gasteiger partial charge in [-0.15, -0.1) is 0 Å². The van der Waals surface area contributed by atoms with E-state index in [1.807, 2.05) is 6.20 Å². The number of hydrogen-bond acceptors (Lipinski definition) is 5. The van der Waals surface area contributed by atoms with E-state index < -0.39 is 0 Å². The third kappa shape index (κ3) is 4.19. The fourth-order valence-electron chi connectivity index (χ4n) is 2.20. The maximum Gasteiger partial charge on any atom is 0.179 e. The second-order valence-corrected chi connectivity index (χ2v) is 6.28. The summed E-state index contributed by atoms with van der Waals surface area (Å²) >= 11 is 0. The first-order valence-electron chi connectivity index (χ1n) is 8.05. The summed E-state index contributed by atoms with van der Waals surface area (Å²) in [5.74, 6) is 7.64. The highest BCUT2D eigenvalue weighted by Gasteiger charge is 2.13. The highest BCUT2D eigenvalue weighted by Crippen LogP contribution is 2.25. The molecule has 0 radical (unpaired) electrons. The van der Waals surface area contributed by atoms with Gasteiger partial charge in [0.05, 0.1) is 24.1 Å². The van der Waals surface area contributed by atoms with Crippen molar-refractivity contribution in [3.8, 4) is 11.8 Å². The van der Waals surface area contributed by atoms with Crippen LogP contribution >= 0.6 is 0 Å². The van der Waals surface area contributed by atoms with Crippen LogP contribution in [0.4, 0.5) is 5.82 Å². The van der Waals surface area contributed by atoms with Crippen molar-refractivity contribution in [3.63, 3.8) is 0 Å². The topological polar surface area (TPSA) is 78.0 Å². The molecule has 0 saturated carbocycles. The zero-order valence-electron chi connectivity index (χ0n) is 14.8. The first kappa shape index (κ1) is 17.7. The average Bonchev–Trinajstić information content (AvgIpc) is 2.90. The predicted octanol–water partition coefficient (Wildman–Crippen LogP) is 2.68. The lowest BCUT2D eigenvalue weighted by atomic mass is 10.2. The van der Waals surface area contributed by atoms with Crippen molar-refractivity contribution >= 4 is 16.9 Å². The van der Waals surface area contributed by atoms with Crippen molar-refractivity contribution in [2.24, 2.45) is 5.92 Å². The van der Waals surface area contributed by atoms with E-state index in [1.54, 1.807) is 0 Å². The number of nitrogens with one attached hydrogen (secondary N) is 1.